The number of hydrogen-bond acceptors (Lipinski definition) is 2. The highest BCUT2D eigenvalue weighted by Gasteiger charge is 2.04. The van der Waals surface area contributed by atoms with E-state index in [2.05, 4.69) is 4.98 Å². The van der Waals surface area contributed by atoms with Crippen LogP contribution in [0.1, 0.15) is 5.56 Å². The van der Waals surface area contributed by atoms with Crippen LogP contribution in [0, 0.1) is 0 Å². The molecule has 0 aliphatic carbocycles. The first-order chi connectivity index (χ1) is 7.16. The third-order valence-electron chi connectivity index (χ3n) is 2.10. The first-order valence-electron chi connectivity index (χ1n) is 4.37. The summed E-state index contributed by atoms with van der Waals surface area (Å²) in [6.07, 6.45) is 3.44. The number of hydrogen-bond donors (Lipinski definition) is 1. The number of nitrogens with two attached hydrogens (primary N) is 1. The van der Waals surface area contributed by atoms with Gasteiger partial charge in [0.1, 0.15) is 0 Å². The maximum Gasteiger partial charge on any atom is 0.200 e. The van der Waals surface area contributed by atoms with Crippen LogP contribution in [0.2, 0.25) is 10.0 Å². The summed E-state index contributed by atoms with van der Waals surface area (Å²) < 4.78 is 1.80. The average molecular weight is 242 g/mol. The standard InChI is InChI=1S/C10H9Cl2N3/c11-8-1-2-9(12)7(5-8)6-15-4-3-14-10(15)13/h1-5H,6H2,(H2,13,14). The van der Waals surface area contributed by atoms with Gasteiger partial charge in [0.15, 0.2) is 5.95 Å². The Bertz CT molecular complexity index is 479. The number of nitrogens with zero attached hydrogens (tertiary/aromatic N) is 2. The molecule has 0 aliphatic rings. The van der Waals surface area contributed by atoms with Crippen LogP contribution in [0.4, 0.5) is 5.95 Å². The normalized spacial score (nSPS) is 10.5. The second-order valence-electron chi connectivity index (χ2n) is 3.15. The molecule has 0 unspecified atom stereocenters. The van der Waals surface area contributed by atoms with Crippen LogP contribution in [0.3, 0.4) is 0 Å². The van der Waals surface area contributed by atoms with E-state index in [4.69, 9.17) is 28.9 Å². The van der Waals surface area contributed by atoms with E-state index in [1.807, 2.05) is 6.07 Å². The molecule has 15 heavy (non-hydrogen) atoms. The van der Waals surface area contributed by atoms with Gasteiger partial charge < -0.3 is 10.3 Å². The van der Waals surface area contributed by atoms with E-state index in [-0.39, 0.29) is 0 Å². The lowest BCUT2D eigenvalue weighted by Gasteiger charge is -2.07. The topological polar surface area (TPSA) is 43.8 Å². The minimum Gasteiger partial charge on any atom is -0.369 e. The van der Waals surface area contributed by atoms with Gasteiger partial charge in [-0.25, -0.2) is 4.98 Å². The molecular formula is C10H9Cl2N3. The van der Waals surface area contributed by atoms with E-state index < -0.39 is 0 Å². The molecule has 0 saturated heterocycles. The van der Waals surface area contributed by atoms with Crippen molar-refractivity contribution in [3.05, 3.63) is 46.2 Å². The zero-order chi connectivity index (χ0) is 10.8. The Morgan fingerprint density at radius 2 is 2.13 bits per heavy atom. The zero-order valence-corrected chi connectivity index (χ0v) is 9.33. The number of nitrogen functional groups attached to an aromatic ring is 1. The first kappa shape index (κ1) is 10.3. The summed E-state index contributed by atoms with van der Waals surface area (Å²) in [5.41, 5.74) is 6.58. The lowest BCUT2D eigenvalue weighted by molar-refractivity contribution is 0.811. The van der Waals surface area contributed by atoms with Crippen molar-refractivity contribution in [2.75, 3.05) is 5.73 Å². The summed E-state index contributed by atoms with van der Waals surface area (Å²) in [6.45, 7) is 0.575. The van der Waals surface area contributed by atoms with Crippen molar-refractivity contribution in [1.82, 2.24) is 9.55 Å². The third kappa shape index (κ3) is 2.25. The molecule has 2 rings (SSSR count). The number of halogens is 2. The van der Waals surface area contributed by atoms with Crippen LogP contribution < -0.4 is 5.73 Å². The van der Waals surface area contributed by atoms with Crippen LogP contribution in [-0.4, -0.2) is 9.55 Å². The van der Waals surface area contributed by atoms with Crippen molar-refractivity contribution < 1.29 is 0 Å². The van der Waals surface area contributed by atoms with Gasteiger partial charge in [-0.15, -0.1) is 0 Å². The fourth-order valence-electron chi connectivity index (χ4n) is 1.32. The monoisotopic (exact) mass is 241 g/mol. The second kappa shape index (κ2) is 4.13. The summed E-state index contributed by atoms with van der Waals surface area (Å²) in [7, 11) is 0. The molecule has 0 radical (unpaired) electrons. The largest absolute Gasteiger partial charge is 0.369 e. The number of aromatic nitrogens is 2. The minimum absolute atomic E-state index is 0.464. The summed E-state index contributed by atoms with van der Waals surface area (Å²) in [4.78, 5) is 3.93. The van der Waals surface area contributed by atoms with Gasteiger partial charge in [0.2, 0.25) is 0 Å². The van der Waals surface area contributed by atoms with Gasteiger partial charge in [0.05, 0.1) is 6.54 Å². The van der Waals surface area contributed by atoms with E-state index in [0.29, 0.717) is 22.5 Å². The predicted molar refractivity (Wildman–Crippen MR) is 62.2 cm³/mol. The Morgan fingerprint density at radius 3 is 2.80 bits per heavy atom. The Hall–Kier alpha value is -1.19. The summed E-state index contributed by atoms with van der Waals surface area (Å²) in [6, 6.07) is 5.35. The second-order valence-corrected chi connectivity index (χ2v) is 3.99. The lowest BCUT2D eigenvalue weighted by atomic mass is 10.2. The molecule has 2 N–H and O–H groups in total. The summed E-state index contributed by atoms with van der Waals surface area (Å²) >= 11 is 11.9. The lowest BCUT2D eigenvalue weighted by Crippen LogP contribution is -2.03. The minimum atomic E-state index is 0.464. The molecular weight excluding hydrogens is 233 g/mol. The third-order valence-corrected chi connectivity index (χ3v) is 2.70. The molecule has 5 heteroatoms. The van der Waals surface area contributed by atoms with Crippen LogP contribution in [0.15, 0.2) is 30.6 Å². The van der Waals surface area contributed by atoms with Crippen LogP contribution in [0.25, 0.3) is 0 Å². The summed E-state index contributed by atoms with van der Waals surface area (Å²) in [5.74, 6) is 0.464. The van der Waals surface area contributed by atoms with E-state index in [1.54, 1.807) is 29.1 Å². The van der Waals surface area contributed by atoms with Crippen LogP contribution in [-0.2, 0) is 6.54 Å². The van der Waals surface area contributed by atoms with Crippen molar-refractivity contribution in [3.63, 3.8) is 0 Å². The van der Waals surface area contributed by atoms with Crippen molar-refractivity contribution in [1.29, 1.82) is 0 Å². The molecule has 2 aromatic rings. The molecule has 78 valence electrons. The molecule has 0 spiro atoms. The Labute approximate surface area is 97.4 Å². The Morgan fingerprint density at radius 1 is 1.33 bits per heavy atom. The number of imidazole rings is 1. The maximum atomic E-state index is 6.03. The van der Waals surface area contributed by atoms with Gasteiger partial charge in [-0.1, -0.05) is 23.2 Å². The highest BCUT2D eigenvalue weighted by Crippen LogP contribution is 2.22. The highest BCUT2D eigenvalue weighted by atomic mass is 35.5. The van der Waals surface area contributed by atoms with Crippen molar-refractivity contribution in [2.24, 2.45) is 0 Å². The quantitative estimate of drug-likeness (QED) is 0.879. The Kier molecular flexibility index (Phi) is 2.84. The van der Waals surface area contributed by atoms with Crippen molar-refractivity contribution in [3.8, 4) is 0 Å². The molecule has 3 nitrogen and oxygen atoms in total. The number of rotatable bonds is 2. The average Bonchev–Trinajstić information content (AvgIpc) is 2.58. The molecule has 1 heterocycles. The smallest absolute Gasteiger partial charge is 0.200 e. The van der Waals surface area contributed by atoms with Gasteiger partial charge in [-0.3, -0.25) is 0 Å². The van der Waals surface area contributed by atoms with E-state index in [1.165, 1.54) is 0 Å². The Balaban J connectivity index is 2.32. The highest BCUT2D eigenvalue weighted by molar-refractivity contribution is 6.33. The van der Waals surface area contributed by atoms with Crippen LogP contribution >= 0.6 is 23.2 Å². The zero-order valence-electron chi connectivity index (χ0n) is 7.82. The number of anilines is 1. The van der Waals surface area contributed by atoms with Gasteiger partial charge in [0, 0.05) is 22.4 Å². The van der Waals surface area contributed by atoms with Crippen molar-refractivity contribution >= 4 is 29.2 Å². The van der Waals surface area contributed by atoms with E-state index in [0.717, 1.165) is 5.56 Å². The molecule has 0 atom stereocenters. The fraction of sp³-hybridized carbons (Fsp3) is 0.100. The first-order valence-corrected chi connectivity index (χ1v) is 5.13. The molecule has 0 amide bonds. The fourth-order valence-corrected chi connectivity index (χ4v) is 1.69. The molecule has 0 fully saturated rings. The molecule has 1 aromatic carbocycles. The van der Waals surface area contributed by atoms with E-state index in [9.17, 15) is 0 Å². The van der Waals surface area contributed by atoms with E-state index >= 15 is 0 Å². The van der Waals surface area contributed by atoms with Gasteiger partial charge in [0.25, 0.3) is 0 Å². The molecule has 1 aromatic heterocycles. The molecule has 0 aliphatic heterocycles. The van der Waals surface area contributed by atoms with Gasteiger partial charge in [-0.2, -0.15) is 0 Å². The summed E-state index contributed by atoms with van der Waals surface area (Å²) in [5, 5.41) is 1.33. The van der Waals surface area contributed by atoms with Crippen molar-refractivity contribution in [2.45, 2.75) is 6.54 Å². The maximum absolute atomic E-state index is 6.03. The predicted octanol–water partition coefficient (Wildman–Crippen LogP) is 2.82. The van der Waals surface area contributed by atoms with Crippen LogP contribution in [0.5, 0.6) is 0 Å². The number of benzene rings is 1. The molecule has 0 saturated carbocycles. The molecule has 0 bridgehead atoms. The van der Waals surface area contributed by atoms with Gasteiger partial charge in [-0.05, 0) is 23.8 Å². The van der Waals surface area contributed by atoms with Gasteiger partial charge >= 0.3 is 0 Å². The SMILES string of the molecule is Nc1nccn1Cc1cc(Cl)ccc1Cl.